The van der Waals surface area contributed by atoms with E-state index in [0.717, 1.165) is 11.2 Å². The van der Waals surface area contributed by atoms with Gasteiger partial charge in [0.25, 0.3) is 0 Å². The molecule has 2 aromatic heterocycles. The maximum absolute atomic E-state index is 12.9. The lowest BCUT2D eigenvalue weighted by Gasteiger charge is -2.30. The fraction of sp³-hybridized carbons (Fsp3) is 0.391. The number of fused-ring (bicyclic) bond motifs is 1. The fourth-order valence-electron chi connectivity index (χ4n) is 3.83. The molecule has 0 amide bonds. The van der Waals surface area contributed by atoms with Crippen molar-refractivity contribution in [3.05, 3.63) is 66.1 Å². The smallest absolute Gasteiger partial charge is 0.309 e. The molecule has 0 unspecified atom stereocenters. The highest BCUT2D eigenvalue weighted by Crippen LogP contribution is 2.26. The van der Waals surface area contributed by atoms with E-state index < -0.39 is 10.0 Å². The van der Waals surface area contributed by atoms with Crippen LogP contribution in [0.4, 0.5) is 0 Å². The number of esters is 1. The second-order valence-corrected chi connectivity index (χ2v) is 10.1. The fourth-order valence-corrected chi connectivity index (χ4v) is 5.29. The Bertz CT molecular complexity index is 1130. The second-order valence-electron chi connectivity index (χ2n) is 8.21. The first-order valence-electron chi connectivity index (χ1n) is 10.5. The van der Waals surface area contributed by atoms with Gasteiger partial charge in [0.2, 0.25) is 10.0 Å². The standard InChI is InChI=1S/C23H27N3O4S/c1-17(2)18-6-8-21(9-7-18)31(28,29)26-13-10-19(11-14-26)23(27)30-16-20-15-25-12-4-3-5-22(25)24-20/h3-9,12,15,17,19H,10-11,13-14,16H2,1-2H3. The van der Waals surface area contributed by atoms with E-state index in [1.54, 1.807) is 12.1 Å². The molecule has 164 valence electrons. The Labute approximate surface area is 182 Å². The van der Waals surface area contributed by atoms with Crippen LogP contribution < -0.4 is 0 Å². The van der Waals surface area contributed by atoms with E-state index in [-0.39, 0.29) is 18.5 Å². The molecular weight excluding hydrogens is 414 g/mol. The number of imidazole rings is 1. The molecule has 31 heavy (non-hydrogen) atoms. The van der Waals surface area contributed by atoms with Crippen LogP contribution in [0.25, 0.3) is 5.65 Å². The third-order valence-corrected chi connectivity index (χ3v) is 7.66. The number of hydrogen-bond acceptors (Lipinski definition) is 5. The topological polar surface area (TPSA) is 81.0 Å². The van der Waals surface area contributed by atoms with Gasteiger partial charge >= 0.3 is 5.97 Å². The number of carbonyl (C=O) groups excluding carboxylic acids is 1. The van der Waals surface area contributed by atoms with Crippen molar-refractivity contribution in [2.75, 3.05) is 13.1 Å². The van der Waals surface area contributed by atoms with Gasteiger partial charge in [-0.25, -0.2) is 13.4 Å². The second kappa shape index (κ2) is 8.80. The highest BCUT2D eigenvalue weighted by molar-refractivity contribution is 7.89. The zero-order valence-electron chi connectivity index (χ0n) is 17.8. The molecule has 7 nitrogen and oxygen atoms in total. The van der Waals surface area contributed by atoms with Gasteiger partial charge in [-0.1, -0.05) is 32.0 Å². The molecule has 1 aliphatic heterocycles. The SMILES string of the molecule is CC(C)c1ccc(S(=O)(=O)N2CCC(C(=O)OCc3cn4ccccc4n3)CC2)cc1. The van der Waals surface area contributed by atoms with Crippen LogP contribution in [0, 0.1) is 5.92 Å². The number of nitrogens with zero attached hydrogens (tertiary/aromatic N) is 3. The van der Waals surface area contributed by atoms with Crippen molar-refractivity contribution >= 4 is 21.6 Å². The van der Waals surface area contributed by atoms with Crippen LogP contribution in [0.3, 0.4) is 0 Å². The van der Waals surface area contributed by atoms with Crippen LogP contribution >= 0.6 is 0 Å². The van der Waals surface area contributed by atoms with Gasteiger partial charge in [0.1, 0.15) is 12.3 Å². The molecular formula is C23H27N3O4S. The Morgan fingerprint density at radius 1 is 1.13 bits per heavy atom. The number of aromatic nitrogens is 2. The zero-order chi connectivity index (χ0) is 22.0. The lowest BCUT2D eigenvalue weighted by atomic mass is 9.98. The molecule has 1 aliphatic rings. The third kappa shape index (κ3) is 4.65. The Kier molecular flexibility index (Phi) is 6.11. The van der Waals surface area contributed by atoms with E-state index in [4.69, 9.17) is 4.74 Å². The van der Waals surface area contributed by atoms with Gasteiger partial charge in [-0.3, -0.25) is 4.79 Å². The Balaban J connectivity index is 1.32. The van der Waals surface area contributed by atoms with Gasteiger partial charge in [0, 0.05) is 25.5 Å². The number of carbonyl (C=O) groups is 1. The average molecular weight is 442 g/mol. The number of ether oxygens (including phenoxy) is 1. The molecule has 0 N–H and O–H groups in total. The number of piperidine rings is 1. The minimum absolute atomic E-state index is 0.112. The quantitative estimate of drug-likeness (QED) is 0.546. The molecule has 1 aromatic carbocycles. The molecule has 8 heteroatoms. The Morgan fingerprint density at radius 2 is 1.84 bits per heavy atom. The monoisotopic (exact) mass is 441 g/mol. The van der Waals surface area contributed by atoms with Crippen molar-refractivity contribution in [1.82, 2.24) is 13.7 Å². The summed E-state index contributed by atoms with van der Waals surface area (Å²) in [7, 11) is -3.56. The van der Waals surface area contributed by atoms with Crippen LogP contribution in [0.15, 0.2) is 59.8 Å². The van der Waals surface area contributed by atoms with Crippen LogP contribution in [0.1, 0.15) is 43.9 Å². The zero-order valence-corrected chi connectivity index (χ0v) is 18.6. The number of pyridine rings is 1. The first-order chi connectivity index (χ1) is 14.8. The predicted octanol–water partition coefficient (Wildman–Crippen LogP) is 3.60. The summed E-state index contributed by atoms with van der Waals surface area (Å²) in [5.41, 5.74) is 2.59. The lowest BCUT2D eigenvalue weighted by molar-refractivity contribution is -0.151. The van der Waals surface area contributed by atoms with Gasteiger partial charge < -0.3 is 9.14 Å². The molecule has 0 radical (unpaired) electrons. The number of hydrogen-bond donors (Lipinski definition) is 0. The number of rotatable bonds is 6. The van der Waals surface area contributed by atoms with E-state index in [1.165, 1.54) is 4.31 Å². The molecule has 3 heterocycles. The van der Waals surface area contributed by atoms with Crippen molar-refractivity contribution in [3.8, 4) is 0 Å². The van der Waals surface area contributed by atoms with E-state index in [9.17, 15) is 13.2 Å². The summed E-state index contributed by atoms with van der Waals surface area (Å²) in [4.78, 5) is 17.2. The normalized spacial score (nSPS) is 16.1. The number of benzene rings is 1. The van der Waals surface area contributed by atoms with E-state index >= 15 is 0 Å². The summed E-state index contributed by atoms with van der Waals surface area (Å²) in [6, 6.07) is 12.8. The maximum atomic E-state index is 12.9. The molecule has 0 aliphatic carbocycles. The summed E-state index contributed by atoms with van der Waals surface area (Å²) in [5.74, 6) is -0.249. The first kappa shape index (κ1) is 21.5. The molecule has 0 saturated carbocycles. The molecule has 0 atom stereocenters. The van der Waals surface area contributed by atoms with Gasteiger partial charge in [-0.15, -0.1) is 0 Å². The minimum Gasteiger partial charge on any atom is -0.459 e. The predicted molar refractivity (Wildman–Crippen MR) is 117 cm³/mol. The van der Waals surface area contributed by atoms with E-state index in [2.05, 4.69) is 18.8 Å². The van der Waals surface area contributed by atoms with Crippen molar-refractivity contribution in [2.24, 2.45) is 5.92 Å². The summed E-state index contributed by atoms with van der Waals surface area (Å²) in [6.07, 6.45) is 4.63. The van der Waals surface area contributed by atoms with Crippen molar-refractivity contribution < 1.29 is 17.9 Å². The number of sulfonamides is 1. The first-order valence-corrected chi connectivity index (χ1v) is 12.0. The lowest BCUT2D eigenvalue weighted by Crippen LogP contribution is -2.40. The molecule has 3 aromatic rings. The third-order valence-electron chi connectivity index (χ3n) is 5.75. The van der Waals surface area contributed by atoms with E-state index in [1.807, 2.05) is 47.1 Å². The molecule has 1 saturated heterocycles. The summed E-state index contributed by atoms with van der Waals surface area (Å²) < 4.78 is 34.7. The average Bonchev–Trinajstić information content (AvgIpc) is 3.20. The Morgan fingerprint density at radius 3 is 2.48 bits per heavy atom. The largest absolute Gasteiger partial charge is 0.459 e. The van der Waals surface area contributed by atoms with Crippen molar-refractivity contribution in [2.45, 2.75) is 44.1 Å². The summed E-state index contributed by atoms with van der Waals surface area (Å²) in [6.45, 7) is 4.87. The van der Waals surface area contributed by atoms with Gasteiger partial charge in [-0.05, 0) is 48.6 Å². The maximum Gasteiger partial charge on any atom is 0.309 e. The summed E-state index contributed by atoms with van der Waals surface area (Å²) >= 11 is 0. The van der Waals surface area contributed by atoms with Crippen LogP contribution in [0.2, 0.25) is 0 Å². The Hall–Kier alpha value is -2.71. The molecule has 0 spiro atoms. The highest BCUT2D eigenvalue weighted by atomic mass is 32.2. The van der Waals surface area contributed by atoms with Gasteiger partial charge in [0.05, 0.1) is 16.5 Å². The summed E-state index contributed by atoms with van der Waals surface area (Å²) in [5, 5.41) is 0. The van der Waals surface area contributed by atoms with Gasteiger partial charge in [-0.2, -0.15) is 4.31 Å². The molecule has 4 rings (SSSR count). The van der Waals surface area contributed by atoms with Gasteiger partial charge in [0.15, 0.2) is 0 Å². The van der Waals surface area contributed by atoms with Crippen molar-refractivity contribution in [3.63, 3.8) is 0 Å². The minimum atomic E-state index is -3.56. The molecule has 0 bridgehead atoms. The molecule has 1 fully saturated rings. The van der Waals surface area contributed by atoms with E-state index in [0.29, 0.717) is 42.4 Å². The van der Waals surface area contributed by atoms with Crippen LogP contribution in [-0.2, 0) is 26.2 Å². The van der Waals surface area contributed by atoms with Crippen molar-refractivity contribution in [1.29, 1.82) is 0 Å². The van der Waals surface area contributed by atoms with Crippen LogP contribution in [0.5, 0.6) is 0 Å². The highest BCUT2D eigenvalue weighted by Gasteiger charge is 2.32. The van der Waals surface area contributed by atoms with Crippen LogP contribution in [-0.4, -0.2) is 41.2 Å².